The first-order valence-corrected chi connectivity index (χ1v) is 4.14. The Hall–Kier alpha value is -0.540. The second kappa shape index (κ2) is 3.24. The Bertz CT molecular complexity index is 260. The maximum absolute atomic E-state index is 9.11. The molecular weight excluding hydrogens is 206 g/mol. The number of nitrogens with two attached hydrogens (primary N) is 1. The summed E-state index contributed by atoms with van der Waals surface area (Å²) in [4.78, 5) is 0. The van der Waals surface area contributed by atoms with Crippen LogP contribution in [-0.4, -0.2) is 5.11 Å². The van der Waals surface area contributed by atoms with E-state index >= 15 is 0 Å². The van der Waals surface area contributed by atoms with Crippen molar-refractivity contribution in [2.24, 2.45) is 5.73 Å². The van der Waals surface area contributed by atoms with Crippen molar-refractivity contribution in [1.29, 1.82) is 0 Å². The van der Waals surface area contributed by atoms with Gasteiger partial charge >= 0.3 is 0 Å². The fraction of sp³-hybridized carbons (Fsp3) is 0.250. The second-order valence-electron chi connectivity index (χ2n) is 2.49. The quantitative estimate of drug-likeness (QED) is 0.755. The number of rotatable bonds is 1. The Morgan fingerprint density at radius 3 is 2.64 bits per heavy atom. The van der Waals surface area contributed by atoms with Crippen molar-refractivity contribution >= 4 is 15.9 Å². The summed E-state index contributed by atoms with van der Waals surface area (Å²) in [5, 5.41) is 9.11. The van der Waals surface area contributed by atoms with E-state index < -0.39 is 0 Å². The molecule has 1 aromatic carbocycles. The van der Waals surface area contributed by atoms with Gasteiger partial charge in [-0.05, 0) is 30.7 Å². The number of hydrogen-bond donors (Lipinski definition) is 2. The van der Waals surface area contributed by atoms with Crippen LogP contribution in [0.5, 0.6) is 5.75 Å². The summed E-state index contributed by atoms with van der Waals surface area (Å²) in [6, 6.07) is 5.01. The molecule has 0 heterocycles. The minimum absolute atomic E-state index is 0.0588. The molecule has 0 bridgehead atoms. The molecule has 0 fully saturated rings. The Kier molecular flexibility index (Phi) is 2.52. The maximum Gasteiger partial charge on any atom is 0.115 e. The van der Waals surface area contributed by atoms with E-state index in [1.165, 1.54) is 0 Å². The fourth-order valence-electron chi connectivity index (χ4n) is 0.880. The van der Waals surface area contributed by atoms with Crippen LogP contribution in [0.3, 0.4) is 0 Å². The predicted molar refractivity (Wildman–Crippen MR) is 48.4 cm³/mol. The highest BCUT2D eigenvalue weighted by molar-refractivity contribution is 9.10. The summed E-state index contributed by atoms with van der Waals surface area (Å²) in [5.74, 6) is 0.250. The van der Waals surface area contributed by atoms with E-state index in [1.807, 2.05) is 6.92 Å². The lowest BCUT2D eigenvalue weighted by atomic mass is 10.1. The fourth-order valence-corrected chi connectivity index (χ4v) is 1.49. The topological polar surface area (TPSA) is 46.2 Å². The number of benzene rings is 1. The Balaban J connectivity index is 3.13. The molecule has 0 spiro atoms. The molecule has 0 unspecified atom stereocenters. The summed E-state index contributed by atoms with van der Waals surface area (Å²) in [6.07, 6.45) is 0. The zero-order valence-electron chi connectivity index (χ0n) is 6.21. The molecule has 0 aliphatic carbocycles. The molecule has 1 atom stereocenters. The molecule has 0 aliphatic rings. The summed E-state index contributed by atoms with van der Waals surface area (Å²) in [5.41, 5.74) is 6.56. The zero-order valence-corrected chi connectivity index (χ0v) is 7.80. The lowest BCUT2D eigenvalue weighted by Gasteiger charge is -2.07. The van der Waals surface area contributed by atoms with E-state index in [0.717, 1.165) is 10.0 Å². The number of halogens is 1. The van der Waals surface area contributed by atoms with Gasteiger partial charge in [-0.3, -0.25) is 0 Å². The van der Waals surface area contributed by atoms with E-state index in [0.29, 0.717) is 0 Å². The zero-order chi connectivity index (χ0) is 8.43. The van der Waals surface area contributed by atoms with E-state index in [9.17, 15) is 0 Å². The molecule has 0 radical (unpaired) electrons. The van der Waals surface area contributed by atoms with Gasteiger partial charge in [-0.2, -0.15) is 0 Å². The van der Waals surface area contributed by atoms with Crippen LogP contribution in [0.2, 0.25) is 0 Å². The normalized spacial score (nSPS) is 13.0. The minimum atomic E-state index is -0.0588. The van der Waals surface area contributed by atoms with E-state index in [2.05, 4.69) is 15.9 Å². The monoisotopic (exact) mass is 215 g/mol. The van der Waals surface area contributed by atoms with Crippen molar-refractivity contribution in [3.63, 3.8) is 0 Å². The summed E-state index contributed by atoms with van der Waals surface area (Å²) >= 11 is 3.34. The van der Waals surface area contributed by atoms with Gasteiger partial charge in [0.1, 0.15) is 5.75 Å². The second-order valence-corrected chi connectivity index (χ2v) is 3.35. The van der Waals surface area contributed by atoms with Crippen LogP contribution >= 0.6 is 15.9 Å². The van der Waals surface area contributed by atoms with Gasteiger partial charge in [0.15, 0.2) is 0 Å². The van der Waals surface area contributed by atoms with E-state index in [4.69, 9.17) is 10.8 Å². The first-order chi connectivity index (χ1) is 5.11. The van der Waals surface area contributed by atoms with Crippen molar-refractivity contribution < 1.29 is 5.11 Å². The third-order valence-electron chi connectivity index (χ3n) is 1.47. The van der Waals surface area contributed by atoms with Gasteiger partial charge in [-0.1, -0.05) is 15.9 Å². The highest BCUT2D eigenvalue weighted by Crippen LogP contribution is 2.25. The van der Waals surface area contributed by atoms with Crippen molar-refractivity contribution in [2.75, 3.05) is 0 Å². The number of aromatic hydroxyl groups is 1. The van der Waals surface area contributed by atoms with Crippen LogP contribution in [-0.2, 0) is 0 Å². The third-order valence-corrected chi connectivity index (χ3v) is 2.19. The smallest absolute Gasteiger partial charge is 0.115 e. The maximum atomic E-state index is 9.11. The van der Waals surface area contributed by atoms with E-state index in [1.54, 1.807) is 18.2 Å². The molecule has 0 saturated heterocycles. The van der Waals surface area contributed by atoms with Crippen molar-refractivity contribution in [3.05, 3.63) is 28.2 Å². The molecule has 0 aliphatic heterocycles. The van der Waals surface area contributed by atoms with Gasteiger partial charge in [0.2, 0.25) is 0 Å². The van der Waals surface area contributed by atoms with Gasteiger partial charge in [-0.25, -0.2) is 0 Å². The van der Waals surface area contributed by atoms with Crippen LogP contribution in [0.15, 0.2) is 22.7 Å². The van der Waals surface area contributed by atoms with Gasteiger partial charge < -0.3 is 10.8 Å². The molecule has 3 N–H and O–H groups in total. The summed E-state index contributed by atoms with van der Waals surface area (Å²) in [7, 11) is 0. The molecular formula is C8H10BrNO. The van der Waals surface area contributed by atoms with Gasteiger partial charge in [0.25, 0.3) is 0 Å². The van der Waals surface area contributed by atoms with Crippen LogP contribution < -0.4 is 5.73 Å². The first kappa shape index (κ1) is 8.56. The molecule has 1 aromatic rings. The Morgan fingerprint density at radius 1 is 1.55 bits per heavy atom. The van der Waals surface area contributed by atoms with Crippen LogP contribution in [0.1, 0.15) is 18.5 Å². The molecule has 1 rings (SSSR count). The largest absolute Gasteiger partial charge is 0.508 e. The number of phenols is 1. The standard InChI is InChI=1S/C8H10BrNO/c1-5(10)7-4-6(11)2-3-8(7)9/h2-5,11H,10H2,1H3/t5-/m0/s1. The molecule has 2 nitrogen and oxygen atoms in total. The average molecular weight is 216 g/mol. The third kappa shape index (κ3) is 1.94. The Morgan fingerprint density at radius 2 is 2.18 bits per heavy atom. The number of phenolic OH excluding ortho intramolecular Hbond substituents is 1. The molecule has 0 saturated carbocycles. The molecule has 11 heavy (non-hydrogen) atoms. The van der Waals surface area contributed by atoms with Crippen molar-refractivity contribution in [3.8, 4) is 5.75 Å². The van der Waals surface area contributed by atoms with Crippen LogP contribution in [0.4, 0.5) is 0 Å². The minimum Gasteiger partial charge on any atom is -0.508 e. The molecule has 3 heteroatoms. The van der Waals surface area contributed by atoms with Crippen molar-refractivity contribution in [1.82, 2.24) is 0 Å². The first-order valence-electron chi connectivity index (χ1n) is 3.35. The summed E-state index contributed by atoms with van der Waals surface area (Å²) in [6.45, 7) is 1.87. The van der Waals surface area contributed by atoms with Crippen LogP contribution in [0, 0.1) is 0 Å². The van der Waals surface area contributed by atoms with Crippen molar-refractivity contribution in [2.45, 2.75) is 13.0 Å². The Labute approximate surface area is 74.2 Å². The van der Waals surface area contributed by atoms with E-state index in [-0.39, 0.29) is 11.8 Å². The lowest BCUT2D eigenvalue weighted by Crippen LogP contribution is -2.05. The van der Waals surface area contributed by atoms with Gasteiger partial charge in [0, 0.05) is 10.5 Å². The van der Waals surface area contributed by atoms with Gasteiger partial charge in [-0.15, -0.1) is 0 Å². The molecule has 0 aromatic heterocycles. The molecule has 0 amide bonds. The highest BCUT2D eigenvalue weighted by Gasteiger charge is 2.04. The summed E-state index contributed by atoms with van der Waals surface area (Å²) < 4.78 is 0.935. The highest BCUT2D eigenvalue weighted by atomic mass is 79.9. The number of hydrogen-bond acceptors (Lipinski definition) is 2. The van der Waals surface area contributed by atoms with Crippen LogP contribution in [0.25, 0.3) is 0 Å². The SMILES string of the molecule is C[C@H](N)c1cc(O)ccc1Br. The molecule has 60 valence electrons. The average Bonchev–Trinajstić information content (AvgIpc) is 1.94. The van der Waals surface area contributed by atoms with Gasteiger partial charge in [0.05, 0.1) is 0 Å². The lowest BCUT2D eigenvalue weighted by molar-refractivity contribution is 0.473. The predicted octanol–water partition coefficient (Wildman–Crippen LogP) is 2.17.